The van der Waals surface area contributed by atoms with Gasteiger partial charge in [0.05, 0.1) is 6.54 Å². The van der Waals surface area contributed by atoms with Crippen LogP contribution in [0.1, 0.15) is 57.6 Å². The van der Waals surface area contributed by atoms with E-state index in [2.05, 4.69) is 24.5 Å². The van der Waals surface area contributed by atoms with E-state index in [-0.39, 0.29) is 11.7 Å². The number of amides is 1. The molecule has 0 bridgehead atoms. The van der Waals surface area contributed by atoms with Gasteiger partial charge >= 0.3 is 0 Å². The monoisotopic (exact) mass is 433 g/mol. The molecule has 174 valence electrons. The largest absolute Gasteiger partial charge is 0.357 e. The van der Waals surface area contributed by atoms with Crippen LogP contribution in [0.15, 0.2) is 23.2 Å². The van der Waals surface area contributed by atoms with E-state index in [0.717, 1.165) is 56.8 Å². The fourth-order valence-corrected chi connectivity index (χ4v) is 4.01. The fraction of sp³-hybridized carbons (Fsp3) is 0.667. The minimum atomic E-state index is -0.179. The Labute approximate surface area is 187 Å². The Morgan fingerprint density at radius 1 is 1.23 bits per heavy atom. The fourth-order valence-electron chi connectivity index (χ4n) is 4.01. The van der Waals surface area contributed by atoms with E-state index in [9.17, 15) is 9.18 Å². The zero-order chi connectivity index (χ0) is 22.8. The van der Waals surface area contributed by atoms with E-state index in [1.165, 1.54) is 6.07 Å². The number of guanidine groups is 1. The number of piperidine rings is 1. The molecule has 0 aliphatic carbocycles. The van der Waals surface area contributed by atoms with Crippen LogP contribution in [-0.2, 0) is 17.9 Å². The Kier molecular flexibility index (Phi) is 10.2. The van der Waals surface area contributed by atoms with E-state index < -0.39 is 0 Å². The number of hydrogen-bond donors (Lipinski definition) is 2. The maximum Gasteiger partial charge on any atom is 0.225 e. The van der Waals surface area contributed by atoms with Gasteiger partial charge < -0.3 is 20.4 Å². The smallest absolute Gasteiger partial charge is 0.225 e. The Bertz CT molecular complexity index is 725. The first kappa shape index (κ1) is 25.1. The molecule has 1 aliphatic rings. The molecule has 0 saturated carbocycles. The van der Waals surface area contributed by atoms with Gasteiger partial charge in [-0.1, -0.05) is 19.9 Å². The molecule has 6 nitrogen and oxygen atoms in total. The van der Waals surface area contributed by atoms with Gasteiger partial charge in [0, 0.05) is 43.7 Å². The zero-order valence-electron chi connectivity index (χ0n) is 19.9. The summed E-state index contributed by atoms with van der Waals surface area (Å²) in [6, 6.07) is 5.51. The number of nitrogens with zero attached hydrogens (tertiary/aromatic N) is 3. The number of carbonyl (C=O) groups excluding carboxylic acids is 1. The van der Waals surface area contributed by atoms with Gasteiger partial charge in [-0.05, 0) is 64.4 Å². The second kappa shape index (κ2) is 12.6. The third-order valence-electron chi connectivity index (χ3n) is 5.84. The Hall–Kier alpha value is -2.15. The average Bonchev–Trinajstić information content (AvgIpc) is 2.75. The van der Waals surface area contributed by atoms with Gasteiger partial charge in [-0.25, -0.2) is 9.38 Å². The Balaban J connectivity index is 1.95. The minimum Gasteiger partial charge on any atom is -0.357 e. The molecule has 31 heavy (non-hydrogen) atoms. The highest BCUT2D eigenvalue weighted by Gasteiger charge is 2.26. The lowest BCUT2D eigenvalue weighted by Gasteiger charge is -2.34. The van der Waals surface area contributed by atoms with Crippen molar-refractivity contribution in [2.45, 2.75) is 65.6 Å². The van der Waals surface area contributed by atoms with Gasteiger partial charge in [0.25, 0.3) is 0 Å². The topological polar surface area (TPSA) is 60.0 Å². The second-order valence-corrected chi connectivity index (χ2v) is 8.62. The normalized spacial score (nSPS) is 15.6. The summed E-state index contributed by atoms with van der Waals surface area (Å²) in [6.07, 6.45) is 3.65. The maximum absolute atomic E-state index is 14.0. The first-order chi connectivity index (χ1) is 14.9. The number of carbonyl (C=O) groups is 1. The molecule has 1 aromatic rings. The molecule has 0 unspecified atom stereocenters. The van der Waals surface area contributed by atoms with Gasteiger partial charge in [0.15, 0.2) is 5.96 Å². The van der Waals surface area contributed by atoms with Crippen LogP contribution >= 0.6 is 0 Å². The third kappa shape index (κ3) is 7.80. The van der Waals surface area contributed by atoms with Crippen molar-refractivity contribution < 1.29 is 9.18 Å². The predicted octanol–water partition coefficient (Wildman–Crippen LogP) is 3.37. The van der Waals surface area contributed by atoms with Crippen molar-refractivity contribution in [3.05, 3.63) is 35.1 Å². The van der Waals surface area contributed by atoms with Crippen LogP contribution in [0.3, 0.4) is 0 Å². The average molecular weight is 434 g/mol. The molecule has 2 N–H and O–H groups in total. The van der Waals surface area contributed by atoms with Crippen molar-refractivity contribution in [3.63, 3.8) is 0 Å². The summed E-state index contributed by atoms with van der Waals surface area (Å²) < 4.78 is 14.0. The molecule has 1 aromatic carbocycles. The Morgan fingerprint density at radius 2 is 1.90 bits per heavy atom. The summed E-state index contributed by atoms with van der Waals surface area (Å²) in [5.74, 6) is 1.04. The third-order valence-corrected chi connectivity index (χ3v) is 5.84. The van der Waals surface area contributed by atoms with Gasteiger partial charge in [0.1, 0.15) is 5.82 Å². The number of halogens is 1. The first-order valence-electron chi connectivity index (χ1n) is 11.6. The first-order valence-corrected chi connectivity index (χ1v) is 11.6. The minimum absolute atomic E-state index is 0.150. The molecule has 2 rings (SSSR count). The Morgan fingerprint density at radius 3 is 2.48 bits per heavy atom. The van der Waals surface area contributed by atoms with Gasteiger partial charge in [-0.3, -0.25) is 4.79 Å². The van der Waals surface area contributed by atoms with Crippen LogP contribution in [0, 0.1) is 11.7 Å². The molecular weight excluding hydrogens is 393 g/mol. The molecule has 1 heterocycles. The van der Waals surface area contributed by atoms with Gasteiger partial charge in [-0.2, -0.15) is 0 Å². The number of benzene rings is 1. The molecule has 0 atom stereocenters. The van der Waals surface area contributed by atoms with Crippen LogP contribution in [0.25, 0.3) is 0 Å². The summed E-state index contributed by atoms with van der Waals surface area (Å²) in [4.78, 5) is 21.3. The van der Waals surface area contributed by atoms with Crippen molar-refractivity contribution in [1.82, 2.24) is 20.4 Å². The van der Waals surface area contributed by atoms with Crippen LogP contribution in [0.5, 0.6) is 0 Å². The summed E-state index contributed by atoms with van der Waals surface area (Å²) >= 11 is 0. The number of aliphatic imine (C=N–C) groups is 1. The van der Waals surface area contributed by atoms with Crippen molar-refractivity contribution in [2.24, 2.45) is 10.9 Å². The van der Waals surface area contributed by atoms with Crippen molar-refractivity contribution in [2.75, 3.05) is 33.7 Å². The van der Waals surface area contributed by atoms with Crippen molar-refractivity contribution >= 4 is 11.9 Å². The molecule has 0 aromatic heterocycles. The maximum atomic E-state index is 14.0. The lowest BCUT2D eigenvalue weighted by molar-refractivity contribution is -0.136. The molecule has 1 saturated heterocycles. The molecule has 7 heteroatoms. The summed E-state index contributed by atoms with van der Waals surface area (Å²) in [5, 5.41) is 6.83. The van der Waals surface area contributed by atoms with E-state index in [1.807, 2.05) is 36.9 Å². The summed E-state index contributed by atoms with van der Waals surface area (Å²) in [7, 11) is 3.86. The highest BCUT2D eigenvalue weighted by atomic mass is 19.1. The number of nitrogens with one attached hydrogen (secondary N) is 2. The molecular formula is C24H40FN5O. The van der Waals surface area contributed by atoms with E-state index in [1.54, 1.807) is 6.07 Å². The molecule has 1 aliphatic heterocycles. The quantitative estimate of drug-likeness (QED) is 0.463. The standard InChI is InChI=1S/C24H40FN5O/c1-6-19(7-2)23(31)30-13-11-21(12-14-30)28-24(26-8-3)27-16-18-9-10-22(25)20(15-18)17-29(4)5/h9-10,15,19,21H,6-8,11-14,16-17H2,1-5H3,(H2,26,27,28). The number of hydrogen-bond acceptors (Lipinski definition) is 3. The van der Waals surface area contributed by atoms with E-state index >= 15 is 0 Å². The molecule has 1 amide bonds. The van der Waals surface area contributed by atoms with Gasteiger partial charge in [-0.15, -0.1) is 0 Å². The van der Waals surface area contributed by atoms with Crippen LogP contribution in [0.4, 0.5) is 4.39 Å². The summed E-state index contributed by atoms with van der Waals surface area (Å²) in [6.45, 7) is 9.62. The van der Waals surface area contributed by atoms with Crippen molar-refractivity contribution in [3.8, 4) is 0 Å². The highest BCUT2D eigenvalue weighted by molar-refractivity contribution is 5.80. The lowest BCUT2D eigenvalue weighted by Crippen LogP contribution is -2.50. The molecule has 1 fully saturated rings. The highest BCUT2D eigenvalue weighted by Crippen LogP contribution is 2.17. The molecule has 0 spiro atoms. The van der Waals surface area contributed by atoms with Crippen LogP contribution in [0.2, 0.25) is 0 Å². The van der Waals surface area contributed by atoms with Gasteiger partial charge in [0.2, 0.25) is 5.91 Å². The molecule has 0 radical (unpaired) electrons. The second-order valence-electron chi connectivity index (χ2n) is 8.62. The summed E-state index contributed by atoms with van der Waals surface area (Å²) in [5.41, 5.74) is 1.67. The van der Waals surface area contributed by atoms with Crippen LogP contribution < -0.4 is 10.6 Å². The number of likely N-dealkylation sites (tertiary alicyclic amines) is 1. The SMILES string of the molecule is CCNC(=NCc1ccc(F)c(CN(C)C)c1)NC1CCN(C(=O)C(CC)CC)CC1. The predicted molar refractivity (Wildman–Crippen MR) is 125 cm³/mol. The van der Waals surface area contributed by atoms with Crippen LogP contribution in [-0.4, -0.2) is 61.4 Å². The van der Waals surface area contributed by atoms with E-state index in [4.69, 9.17) is 4.99 Å². The number of rotatable bonds is 9. The van der Waals surface area contributed by atoms with Crippen molar-refractivity contribution in [1.29, 1.82) is 0 Å². The van der Waals surface area contributed by atoms with E-state index in [0.29, 0.717) is 30.6 Å². The lowest BCUT2D eigenvalue weighted by atomic mass is 9.98. The zero-order valence-corrected chi connectivity index (χ0v) is 19.9.